The number of halogens is 4. The quantitative estimate of drug-likeness (QED) is 0.264. The Morgan fingerprint density at radius 2 is 2.21 bits per heavy atom. The summed E-state index contributed by atoms with van der Waals surface area (Å²) in [6, 6.07) is 3.26. The van der Waals surface area contributed by atoms with Crippen molar-refractivity contribution < 1.29 is 27.4 Å². The first kappa shape index (κ1) is 25.2. The van der Waals surface area contributed by atoms with Crippen molar-refractivity contribution >= 4 is 35.9 Å². The highest BCUT2D eigenvalue weighted by Crippen LogP contribution is 2.21. The molecule has 2 heterocycles. The number of rotatable bonds is 6. The fourth-order valence-corrected chi connectivity index (χ4v) is 2.97. The lowest BCUT2D eigenvalue weighted by atomic mass is 9.98. The standard InChI is InChI=1S/C18H25F3N4O3.HI/c1-3-27-16(26)14-7-5-9-25(11-14)17(22-2)24-10-13-6-4-8-23-15(13)28-12-18(19,20)21;/h4,6,8,14H,3,5,7,9-12H2,1-2H3,(H,22,24);1H. The van der Waals surface area contributed by atoms with Gasteiger partial charge in [0.25, 0.3) is 0 Å². The Morgan fingerprint density at radius 1 is 1.45 bits per heavy atom. The zero-order valence-corrected chi connectivity index (χ0v) is 18.7. The molecule has 1 atom stereocenters. The van der Waals surface area contributed by atoms with Crippen LogP contribution in [0.3, 0.4) is 0 Å². The summed E-state index contributed by atoms with van der Waals surface area (Å²) in [5, 5.41) is 3.11. The Kier molecular flexibility index (Phi) is 10.5. The van der Waals surface area contributed by atoms with E-state index in [4.69, 9.17) is 9.47 Å². The number of nitrogens with one attached hydrogen (secondary N) is 1. The van der Waals surface area contributed by atoms with Gasteiger partial charge in [-0.15, -0.1) is 24.0 Å². The maximum atomic E-state index is 12.4. The second kappa shape index (κ2) is 12.0. The number of alkyl halides is 3. The molecule has 0 saturated carbocycles. The van der Waals surface area contributed by atoms with Gasteiger partial charge in [-0.05, 0) is 25.8 Å². The number of carbonyl (C=O) groups excluding carboxylic acids is 1. The van der Waals surface area contributed by atoms with E-state index < -0.39 is 12.8 Å². The number of carbonyl (C=O) groups is 1. The van der Waals surface area contributed by atoms with Crippen molar-refractivity contribution in [3.63, 3.8) is 0 Å². The maximum Gasteiger partial charge on any atom is 0.422 e. The van der Waals surface area contributed by atoms with Crippen LogP contribution in [0.2, 0.25) is 0 Å². The normalized spacial score (nSPS) is 17.3. The van der Waals surface area contributed by atoms with Crippen LogP contribution in [0.4, 0.5) is 13.2 Å². The van der Waals surface area contributed by atoms with E-state index in [2.05, 4.69) is 15.3 Å². The molecule has 1 unspecified atom stereocenters. The molecule has 1 aliphatic rings. The summed E-state index contributed by atoms with van der Waals surface area (Å²) in [4.78, 5) is 22.0. The molecule has 0 aromatic carbocycles. The molecule has 1 fully saturated rings. The smallest absolute Gasteiger partial charge is 0.422 e. The van der Waals surface area contributed by atoms with Crippen LogP contribution in [0, 0.1) is 5.92 Å². The van der Waals surface area contributed by atoms with Crippen LogP contribution >= 0.6 is 24.0 Å². The van der Waals surface area contributed by atoms with Gasteiger partial charge in [-0.25, -0.2) is 4.98 Å². The number of aliphatic imine (C=N–C) groups is 1. The lowest BCUT2D eigenvalue weighted by Gasteiger charge is -2.34. The van der Waals surface area contributed by atoms with Gasteiger partial charge in [-0.3, -0.25) is 9.79 Å². The van der Waals surface area contributed by atoms with Crippen molar-refractivity contribution in [2.75, 3.05) is 33.4 Å². The Morgan fingerprint density at radius 3 is 2.86 bits per heavy atom. The lowest BCUT2D eigenvalue weighted by Crippen LogP contribution is -2.48. The molecule has 2 rings (SSSR count). The summed E-state index contributed by atoms with van der Waals surface area (Å²) in [6.07, 6.45) is -1.49. The number of likely N-dealkylation sites (tertiary alicyclic amines) is 1. The molecular formula is C18H26F3IN4O3. The summed E-state index contributed by atoms with van der Waals surface area (Å²) in [7, 11) is 1.61. The lowest BCUT2D eigenvalue weighted by molar-refractivity contribution is -0.154. The van der Waals surface area contributed by atoms with Gasteiger partial charge < -0.3 is 19.7 Å². The second-order valence-electron chi connectivity index (χ2n) is 6.31. The predicted molar refractivity (Wildman–Crippen MR) is 112 cm³/mol. The number of aromatic nitrogens is 1. The van der Waals surface area contributed by atoms with Crippen LogP contribution in [-0.4, -0.2) is 61.3 Å². The predicted octanol–water partition coefficient (Wildman–Crippen LogP) is 2.99. The molecule has 0 bridgehead atoms. The van der Waals surface area contributed by atoms with Gasteiger partial charge in [0.05, 0.1) is 12.5 Å². The van der Waals surface area contributed by atoms with Crippen LogP contribution < -0.4 is 10.1 Å². The van der Waals surface area contributed by atoms with Gasteiger partial charge in [0.1, 0.15) is 0 Å². The molecule has 11 heteroatoms. The van der Waals surface area contributed by atoms with Gasteiger partial charge in [-0.2, -0.15) is 13.2 Å². The fraction of sp³-hybridized carbons (Fsp3) is 0.611. The molecule has 0 spiro atoms. The summed E-state index contributed by atoms with van der Waals surface area (Å²) in [5.41, 5.74) is 0.479. The van der Waals surface area contributed by atoms with E-state index in [9.17, 15) is 18.0 Å². The summed E-state index contributed by atoms with van der Waals surface area (Å²) >= 11 is 0. The zero-order chi connectivity index (χ0) is 20.6. The summed E-state index contributed by atoms with van der Waals surface area (Å²) in [6.45, 7) is 2.09. The van der Waals surface area contributed by atoms with E-state index >= 15 is 0 Å². The Hall–Kier alpha value is -1.79. The van der Waals surface area contributed by atoms with Gasteiger partial charge in [-0.1, -0.05) is 6.07 Å². The molecule has 1 N–H and O–H groups in total. The number of guanidine groups is 1. The van der Waals surface area contributed by atoms with Crippen molar-refractivity contribution in [1.82, 2.24) is 15.2 Å². The van der Waals surface area contributed by atoms with Crippen molar-refractivity contribution in [2.45, 2.75) is 32.5 Å². The number of hydrogen-bond acceptors (Lipinski definition) is 5. The van der Waals surface area contributed by atoms with Gasteiger partial charge >= 0.3 is 12.1 Å². The molecule has 1 aliphatic heterocycles. The van der Waals surface area contributed by atoms with E-state index in [0.29, 0.717) is 24.7 Å². The molecule has 29 heavy (non-hydrogen) atoms. The van der Waals surface area contributed by atoms with Gasteiger partial charge in [0.2, 0.25) is 5.88 Å². The van der Waals surface area contributed by atoms with E-state index in [-0.39, 0.29) is 48.3 Å². The van der Waals surface area contributed by atoms with Crippen molar-refractivity contribution in [1.29, 1.82) is 0 Å². The minimum absolute atomic E-state index is 0. The zero-order valence-electron chi connectivity index (χ0n) is 16.4. The molecule has 0 radical (unpaired) electrons. The molecular weight excluding hydrogens is 504 g/mol. The molecule has 1 saturated heterocycles. The fourth-order valence-electron chi connectivity index (χ4n) is 2.97. The number of pyridine rings is 1. The highest BCUT2D eigenvalue weighted by atomic mass is 127. The first-order valence-corrected chi connectivity index (χ1v) is 9.09. The van der Waals surface area contributed by atoms with Crippen LogP contribution in [-0.2, 0) is 16.1 Å². The Bertz CT molecular complexity index is 689. The van der Waals surface area contributed by atoms with Gasteiger partial charge in [0.15, 0.2) is 12.6 Å². The third-order valence-corrected chi connectivity index (χ3v) is 4.21. The average Bonchev–Trinajstić information content (AvgIpc) is 2.67. The molecule has 1 aromatic heterocycles. The minimum atomic E-state index is -4.44. The number of ether oxygens (including phenoxy) is 2. The average molecular weight is 530 g/mol. The third kappa shape index (κ3) is 8.23. The van der Waals surface area contributed by atoms with Gasteiger partial charge in [0, 0.05) is 38.4 Å². The minimum Gasteiger partial charge on any atom is -0.468 e. The topological polar surface area (TPSA) is 76.0 Å². The first-order valence-electron chi connectivity index (χ1n) is 9.09. The molecule has 0 aliphatic carbocycles. The Balaban J connectivity index is 0.00000420. The number of esters is 1. The highest BCUT2D eigenvalue weighted by Gasteiger charge is 2.30. The van der Waals surface area contributed by atoms with Crippen LogP contribution in [0.1, 0.15) is 25.3 Å². The molecule has 164 valence electrons. The monoisotopic (exact) mass is 530 g/mol. The molecule has 0 amide bonds. The SMILES string of the molecule is CCOC(=O)C1CCCN(C(=NC)NCc2cccnc2OCC(F)(F)F)C1.I. The molecule has 7 nitrogen and oxygen atoms in total. The van der Waals surface area contributed by atoms with Crippen molar-refractivity contribution in [3.8, 4) is 5.88 Å². The number of hydrogen-bond donors (Lipinski definition) is 1. The van der Waals surface area contributed by atoms with E-state index in [1.54, 1.807) is 26.1 Å². The number of piperidine rings is 1. The third-order valence-electron chi connectivity index (χ3n) is 4.21. The van der Waals surface area contributed by atoms with Crippen LogP contribution in [0.15, 0.2) is 23.3 Å². The van der Waals surface area contributed by atoms with E-state index in [1.807, 2.05) is 4.90 Å². The first-order chi connectivity index (χ1) is 13.3. The number of nitrogens with zero attached hydrogens (tertiary/aromatic N) is 3. The van der Waals surface area contributed by atoms with Crippen LogP contribution in [0.25, 0.3) is 0 Å². The van der Waals surface area contributed by atoms with E-state index in [0.717, 1.165) is 19.4 Å². The van der Waals surface area contributed by atoms with Crippen molar-refractivity contribution in [3.05, 3.63) is 23.9 Å². The van der Waals surface area contributed by atoms with Crippen molar-refractivity contribution in [2.24, 2.45) is 10.9 Å². The second-order valence-corrected chi connectivity index (χ2v) is 6.31. The Labute approximate surface area is 185 Å². The van der Waals surface area contributed by atoms with E-state index in [1.165, 1.54) is 6.20 Å². The summed E-state index contributed by atoms with van der Waals surface area (Å²) < 4.78 is 47.1. The largest absolute Gasteiger partial charge is 0.468 e. The van der Waals surface area contributed by atoms with Crippen LogP contribution in [0.5, 0.6) is 5.88 Å². The summed E-state index contributed by atoms with van der Waals surface area (Å²) in [5.74, 6) is 0.0273. The molecule has 1 aromatic rings. The maximum absolute atomic E-state index is 12.4. The highest BCUT2D eigenvalue weighted by molar-refractivity contribution is 14.0.